The van der Waals surface area contributed by atoms with Gasteiger partial charge in [0.2, 0.25) is 0 Å². The molecule has 1 heterocycles. The lowest BCUT2D eigenvalue weighted by Crippen LogP contribution is -2.46. The highest BCUT2D eigenvalue weighted by Crippen LogP contribution is 2.13. The monoisotopic (exact) mass is 335 g/mol. The van der Waals surface area contributed by atoms with E-state index in [2.05, 4.69) is 0 Å². The number of carbonyl (C=O) groups excluding carboxylic acids is 3. The van der Waals surface area contributed by atoms with Gasteiger partial charge in [-0.1, -0.05) is 26.0 Å². The van der Waals surface area contributed by atoms with Gasteiger partial charge < -0.3 is 14.9 Å². The summed E-state index contributed by atoms with van der Waals surface area (Å²) in [4.78, 5) is 46.5. The van der Waals surface area contributed by atoms with Crippen molar-refractivity contribution in [3.63, 3.8) is 0 Å². The van der Waals surface area contributed by atoms with E-state index in [9.17, 15) is 19.2 Å². The Balaban J connectivity index is 2.16. The van der Waals surface area contributed by atoms with E-state index >= 15 is 0 Å². The molecule has 2 aromatic rings. The number of rotatable bonds is 5. The Kier molecular flexibility index (Phi) is 5.02. The first-order valence-electron chi connectivity index (χ1n) is 7.17. The van der Waals surface area contributed by atoms with Gasteiger partial charge in [-0.2, -0.15) is 0 Å². The molecule has 1 aromatic heterocycles. The Morgan fingerprint density at radius 2 is 1.96 bits per heavy atom. The van der Waals surface area contributed by atoms with Gasteiger partial charge in [0.1, 0.15) is 6.54 Å². The minimum Gasteiger partial charge on any atom is -0.451 e. The average molecular weight is 335 g/mol. The van der Waals surface area contributed by atoms with E-state index in [4.69, 9.17) is 14.9 Å². The minimum atomic E-state index is -1.21. The molecule has 0 aliphatic carbocycles. The molecule has 0 aliphatic heterocycles. The van der Waals surface area contributed by atoms with Crippen LogP contribution in [0.5, 0.6) is 0 Å². The molecule has 3 N–H and O–H groups in total. The normalized spacial score (nSPS) is 12.1. The molecular weight excluding hydrogens is 318 g/mol. The summed E-state index contributed by atoms with van der Waals surface area (Å²) in [6.45, 7) is 2.85. The van der Waals surface area contributed by atoms with Crippen molar-refractivity contribution < 1.29 is 23.5 Å². The third-order valence-electron chi connectivity index (χ3n) is 3.23. The molecule has 1 aromatic carbocycles. The predicted octanol–water partition coefficient (Wildman–Crippen LogP) is 0.357. The molecular formula is C15H17N3O6. The van der Waals surface area contributed by atoms with Crippen LogP contribution >= 0.6 is 0 Å². The van der Waals surface area contributed by atoms with E-state index < -0.39 is 42.2 Å². The van der Waals surface area contributed by atoms with Crippen LogP contribution in [0.4, 0.5) is 4.79 Å². The Morgan fingerprint density at radius 1 is 1.29 bits per heavy atom. The SMILES string of the molecule is CC(C)[C@@H](OC(=O)Cn1c(=O)oc2ccccc21)C(=O)NC(N)=O. The lowest BCUT2D eigenvalue weighted by Gasteiger charge is -2.19. The second-order valence-corrected chi connectivity index (χ2v) is 5.43. The third kappa shape index (κ3) is 3.80. The van der Waals surface area contributed by atoms with Crippen LogP contribution in [0.2, 0.25) is 0 Å². The number of carbonyl (C=O) groups is 3. The first-order chi connectivity index (χ1) is 11.3. The maximum absolute atomic E-state index is 12.1. The van der Waals surface area contributed by atoms with Gasteiger partial charge in [-0.25, -0.2) is 9.59 Å². The first kappa shape index (κ1) is 17.3. The van der Waals surface area contributed by atoms with Crippen molar-refractivity contribution in [3.8, 4) is 0 Å². The van der Waals surface area contributed by atoms with Crippen LogP contribution in [-0.2, 0) is 20.9 Å². The van der Waals surface area contributed by atoms with Gasteiger partial charge in [-0.15, -0.1) is 0 Å². The summed E-state index contributed by atoms with van der Waals surface area (Å²) in [6, 6.07) is 5.55. The van der Waals surface area contributed by atoms with Crippen LogP contribution in [0.3, 0.4) is 0 Å². The summed E-state index contributed by atoms with van der Waals surface area (Å²) in [5.41, 5.74) is 5.65. The number of imide groups is 1. The van der Waals surface area contributed by atoms with E-state index in [1.54, 1.807) is 38.1 Å². The number of aromatic nitrogens is 1. The second-order valence-electron chi connectivity index (χ2n) is 5.43. The highest BCUT2D eigenvalue weighted by molar-refractivity contribution is 5.96. The van der Waals surface area contributed by atoms with Crippen molar-refractivity contribution in [2.75, 3.05) is 0 Å². The van der Waals surface area contributed by atoms with Crippen molar-refractivity contribution in [2.45, 2.75) is 26.5 Å². The standard InChI is InChI=1S/C15H17N3O6/c1-8(2)12(13(20)17-14(16)21)24-11(19)7-18-9-5-3-4-6-10(9)23-15(18)22/h3-6,8,12H,7H2,1-2H3,(H3,16,17,20,21)/t12-/m1/s1. The first-order valence-corrected chi connectivity index (χ1v) is 7.17. The zero-order valence-electron chi connectivity index (χ0n) is 13.1. The summed E-state index contributed by atoms with van der Waals surface area (Å²) >= 11 is 0. The van der Waals surface area contributed by atoms with E-state index in [-0.39, 0.29) is 0 Å². The Bertz CT molecular complexity index is 835. The fraction of sp³-hybridized carbons (Fsp3) is 0.333. The predicted molar refractivity (Wildman–Crippen MR) is 82.9 cm³/mol. The average Bonchev–Trinajstić information content (AvgIpc) is 2.80. The molecule has 128 valence electrons. The molecule has 2 rings (SSSR count). The lowest BCUT2D eigenvalue weighted by atomic mass is 10.1. The van der Waals surface area contributed by atoms with E-state index in [1.165, 1.54) is 0 Å². The summed E-state index contributed by atoms with van der Waals surface area (Å²) in [5.74, 6) is -2.75. The number of nitrogens with two attached hydrogens (primary N) is 1. The maximum atomic E-state index is 12.1. The number of ether oxygens (including phenoxy) is 1. The van der Waals surface area contributed by atoms with Gasteiger partial charge in [0, 0.05) is 0 Å². The van der Waals surface area contributed by atoms with Crippen molar-refractivity contribution >= 4 is 29.0 Å². The summed E-state index contributed by atoms with van der Waals surface area (Å²) in [7, 11) is 0. The zero-order valence-corrected chi connectivity index (χ0v) is 13.1. The Morgan fingerprint density at radius 3 is 2.58 bits per heavy atom. The van der Waals surface area contributed by atoms with Gasteiger partial charge in [-0.05, 0) is 18.1 Å². The quantitative estimate of drug-likeness (QED) is 0.758. The van der Waals surface area contributed by atoms with Crippen LogP contribution in [0, 0.1) is 5.92 Å². The Labute approximate surface area is 136 Å². The summed E-state index contributed by atoms with van der Waals surface area (Å²) in [5, 5.41) is 1.87. The largest absolute Gasteiger partial charge is 0.451 e. The maximum Gasteiger partial charge on any atom is 0.420 e. The molecule has 0 spiro atoms. The number of para-hydroxylation sites is 2. The lowest BCUT2D eigenvalue weighted by molar-refractivity contribution is -0.158. The fourth-order valence-corrected chi connectivity index (χ4v) is 2.16. The molecule has 0 fully saturated rings. The van der Waals surface area contributed by atoms with Crippen LogP contribution < -0.4 is 16.8 Å². The molecule has 1 atom stereocenters. The van der Waals surface area contributed by atoms with Gasteiger partial charge in [0.05, 0.1) is 5.52 Å². The minimum absolute atomic E-state index is 0.335. The van der Waals surface area contributed by atoms with Gasteiger partial charge in [0.15, 0.2) is 11.7 Å². The van der Waals surface area contributed by atoms with Crippen LogP contribution in [0.15, 0.2) is 33.5 Å². The van der Waals surface area contributed by atoms with E-state index in [0.29, 0.717) is 11.1 Å². The van der Waals surface area contributed by atoms with Gasteiger partial charge in [0.25, 0.3) is 5.91 Å². The zero-order chi connectivity index (χ0) is 17.9. The van der Waals surface area contributed by atoms with Crippen LogP contribution in [-0.4, -0.2) is 28.6 Å². The smallest absolute Gasteiger partial charge is 0.420 e. The molecule has 0 saturated heterocycles. The number of fused-ring (bicyclic) bond motifs is 1. The summed E-state index contributed by atoms with van der Waals surface area (Å²) < 4.78 is 11.2. The number of nitrogens with zero attached hydrogens (tertiary/aromatic N) is 1. The highest BCUT2D eigenvalue weighted by atomic mass is 16.5. The molecule has 0 saturated carbocycles. The van der Waals surface area contributed by atoms with E-state index in [0.717, 1.165) is 4.57 Å². The van der Waals surface area contributed by atoms with Crippen LogP contribution in [0.25, 0.3) is 11.1 Å². The van der Waals surface area contributed by atoms with Crippen LogP contribution in [0.1, 0.15) is 13.8 Å². The number of hydrogen-bond acceptors (Lipinski definition) is 6. The van der Waals surface area contributed by atoms with Gasteiger partial charge in [-0.3, -0.25) is 19.5 Å². The number of hydrogen-bond donors (Lipinski definition) is 2. The fourth-order valence-electron chi connectivity index (χ4n) is 2.16. The van der Waals surface area contributed by atoms with Crippen molar-refractivity contribution in [2.24, 2.45) is 11.7 Å². The van der Waals surface area contributed by atoms with Crippen molar-refractivity contribution in [1.82, 2.24) is 9.88 Å². The van der Waals surface area contributed by atoms with Crippen molar-refractivity contribution in [1.29, 1.82) is 0 Å². The molecule has 0 bridgehead atoms. The highest BCUT2D eigenvalue weighted by Gasteiger charge is 2.28. The molecule has 9 heteroatoms. The topological polar surface area (TPSA) is 134 Å². The third-order valence-corrected chi connectivity index (χ3v) is 3.23. The second kappa shape index (κ2) is 6.99. The Hall–Kier alpha value is -3.10. The molecule has 3 amide bonds. The number of benzene rings is 1. The molecule has 9 nitrogen and oxygen atoms in total. The summed E-state index contributed by atoms with van der Waals surface area (Å²) in [6.07, 6.45) is -1.21. The molecule has 0 radical (unpaired) electrons. The molecule has 0 aliphatic rings. The number of urea groups is 1. The number of amides is 3. The number of esters is 1. The number of oxazole rings is 1. The van der Waals surface area contributed by atoms with E-state index in [1.807, 2.05) is 5.32 Å². The number of primary amides is 1. The number of nitrogens with one attached hydrogen (secondary N) is 1. The van der Waals surface area contributed by atoms with Crippen molar-refractivity contribution in [3.05, 3.63) is 34.8 Å². The van der Waals surface area contributed by atoms with Gasteiger partial charge >= 0.3 is 17.8 Å². The molecule has 24 heavy (non-hydrogen) atoms. The molecule has 0 unspecified atom stereocenters.